The van der Waals surface area contributed by atoms with E-state index in [0.29, 0.717) is 23.9 Å². The molecule has 0 radical (unpaired) electrons. The molecule has 0 heterocycles. The lowest BCUT2D eigenvalue weighted by molar-refractivity contribution is -0.119. The van der Waals surface area contributed by atoms with Gasteiger partial charge in [-0.2, -0.15) is 0 Å². The third-order valence-corrected chi connectivity index (χ3v) is 6.76. The summed E-state index contributed by atoms with van der Waals surface area (Å²) in [5.41, 5.74) is 1.06. The van der Waals surface area contributed by atoms with E-state index in [1.807, 2.05) is 6.92 Å². The predicted molar refractivity (Wildman–Crippen MR) is 130 cm³/mol. The van der Waals surface area contributed by atoms with Gasteiger partial charge in [0.15, 0.2) is 11.5 Å². The van der Waals surface area contributed by atoms with Crippen LogP contribution in [0.3, 0.4) is 0 Å². The molecule has 0 bridgehead atoms. The van der Waals surface area contributed by atoms with E-state index in [1.165, 1.54) is 19.2 Å². The van der Waals surface area contributed by atoms with Crippen molar-refractivity contribution < 1.29 is 27.4 Å². The standard InChI is InChI=1S/C25H28N2O6S/c1-4-33-22-13-9-8-12-21(22)27(34(29,30)20-10-6-5-7-11-20)18-25(28)26-17-19-14-15-23(31-2)24(16-19)32-3/h5-16H,4,17-18H2,1-3H3,(H,26,28). The molecular weight excluding hydrogens is 456 g/mol. The van der Waals surface area contributed by atoms with E-state index >= 15 is 0 Å². The maximum absolute atomic E-state index is 13.5. The van der Waals surface area contributed by atoms with Gasteiger partial charge >= 0.3 is 0 Å². The van der Waals surface area contributed by atoms with Crippen LogP contribution in [-0.4, -0.2) is 41.7 Å². The molecule has 0 unspecified atom stereocenters. The number of amides is 1. The van der Waals surface area contributed by atoms with Gasteiger partial charge in [0.1, 0.15) is 12.3 Å². The Hall–Kier alpha value is -3.72. The Kier molecular flexibility index (Phi) is 8.37. The summed E-state index contributed by atoms with van der Waals surface area (Å²) in [5, 5.41) is 2.78. The van der Waals surface area contributed by atoms with Gasteiger partial charge in [-0.25, -0.2) is 8.42 Å². The topological polar surface area (TPSA) is 94.2 Å². The van der Waals surface area contributed by atoms with Crippen LogP contribution in [0.5, 0.6) is 17.2 Å². The molecule has 1 N–H and O–H groups in total. The fourth-order valence-electron chi connectivity index (χ4n) is 3.34. The average molecular weight is 485 g/mol. The number of carbonyl (C=O) groups is 1. The average Bonchev–Trinajstić information content (AvgIpc) is 2.87. The fraction of sp³-hybridized carbons (Fsp3) is 0.240. The number of benzene rings is 3. The van der Waals surface area contributed by atoms with Gasteiger partial charge in [-0.15, -0.1) is 0 Å². The summed E-state index contributed by atoms with van der Waals surface area (Å²) in [7, 11) is -0.964. The van der Waals surface area contributed by atoms with Gasteiger partial charge in [0.25, 0.3) is 10.0 Å². The van der Waals surface area contributed by atoms with E-state index in [-0.39, 0.29) is 17.1 Å². The highest BCUT2D eigenvalue weighted by atomic mass is 32.2. The number of nitrogens with one attached hydrogen (secondary N) is 1. The van der Waals surface area contributed by atoms with E-state index < -0.39 is 22.5 Å². The van der Waals surface area contributed by atoms with Crippen LogP contribution in [0.25, 0.3) is 0 Å². The number of nitrogens with zero attached hydrogens (tertiary/aromatic N) is 1. The molecule has 0 aromatic heterocycles. The largest absolute Gasteiger partial charge is 0.493 e. The molecule has 180 valence electrons. The lowest BCUT2D eigenvalue weighted by atomic mass is 10.2. The minimum atomic E-state index is -4.04. The van der Waals surface area contributed by atoms with Gasteiger partial charge in [-0.05, 0) is 48.9 Å². The number of methoxy groups -OCH3 is 2. The molecule has 0 aliphatic rings. The van der Waals surface area contributed by atoms with Crippen LogP contribution < -0.4 is 23.8 Å². The molecule has 0 saturated carbocycles. The number of ether oxygens (including phenoxy) is 3. The second-order valence-electron chi connectivity index (χ2n) is 7.19. The Morgan fingerprint density at radius 3 is 2.24 bits per heavy atom. The summed E-state index contributed by atoms with van der Waals surface area (Å²) in [4.78, 5) is 13.0. The molecule has 9 heteroatoms. The molecule has 3 aromatic rings. The van der Waals surface area contributed by atoms with Crippen molar-refractivity contribution in [2.45, 2.75) is 18.4 Å². The fourth-order valence-corrected chi connectivity index (χ4v) is 4.79. The lowest BCUT2D eigenvalue weighted by Gasteiger charge is -2.26. The normalized spacial score (nSPS) is 10.9. The molecule has 0 atom stereocenters. The first-order chi connectivity index (χ1) is 16.4. The van der Waals surface area contributed by atoms with Gasteiger partial charge < -0.3 is 19.5 Å². The maximum atomic E-state index is 13.5. The maximum Gasteiger partial charge on any atom is 0.264 e. The first-order valence-corrected chi connectivity index (χ1v) is 12.1. The molecule has 0 fully saturated rings. The molecule has 0 aliphatic heterocycles. The van der Waals surface area contributed by atoms with Crippen LogP contribution >= 0.6 is 0 Å². The Bertz CT molecular complexity index is 1220. The van der Waals surface area contributed by atoms with Crippen molar-refractivity contribution in [3.63, 3.8) is 0 Å². The van der Waals surface area contributed by atoms with E-state index in [2.05, 4.69) is 5.32 Å². The van der Waals surface area contributed by atoms with Gasteiger partial charge in [0.05, 0.1) is 31.4 Å². The van der Waals surface area contributed by atoms with E-state index in [1.54, 1.807) is 67.8 Å². The molecule has 8 nitrogen and oxygen atoms in total. The van der Waals surface area contributed by atoms with Crippen LogP contribution in [0.2, 0.25) is 0 Å². The van der Waals surface area contributed by atoms with Gasteiger partial charge in [0.2, 0.25) is 5.91 Å². The predicted octanol–water partition coefficient (Wildman–Crippen LogP) is 3.61. The van der Waals surface area contributed by atoms with Gasteiger partial charge in [-0.1, -0.05) is 36.4 Å². The molecule has 0 aliphatic carbocycles. The highest BCUT2D eigenvalue weighted by Crippen LogP contribution is 2.32. The summed E-state index contributed by atoms with van der Waals surface area (Å²) >= 11 is 0. The van der Waals surface area contributed by atoms with Crippen molar-refractivity contribution in [2.24, 2.45) is 0 Å². The number of rotatable bonds is 11. The quantitative estimate of drug-likeness (QED) is 0.447. The molecule has 0 spiro atoms. The van der Waals surface area contributed by atoms with Crippen LogP contribution in [0, 0.1) is 0 Å². The smallest absolute Gasteiger partial charge is 0.264 e. The van der Waals surface area contributed by atoms with E-state index in [4.69, 9.17) is 14.2 Å². The number of para-hydroxylation sites is 2. The first-order valence-electron chi connectivity index (χ1n) is 10.7. The molecule has 3 rings (SSSR count). The van der Waals surface area contributed by atoms with Crippen LogP contribution in [0.15, 0.2) is 77.7 Å². The number of carbonyl (C=O) groups excluding carboxylic acids is 1. The zero-order valence-corrected chi connectivity index (χ0v) is 20.2. The second kappa shape index (κ2) is 11.4. The van der Waals surface area contributed by atoms with Crippen molar-refractivity contribution in [3.05, 3.63) is 78.4 Å². The highest BCUT2D eigenvalue weighted by Gasteiger charge is 2.29. The number of hydrogen-bond donors (Lipinski definition) is 1. The summed E-state index contributed by atoms with van der Waals surface area (Å²) < 4.78 is 44.3. The SMILES string of the molecule is CCOc1ccccc1N(CC(=O)NCc1ccc(OC)c(OC)c1)S(=O)(=O)c1ccccc1. The molecular formula is C25H28N2O6S. The van der Waals surface area contributed by atoms with Crippen molar-refractivity contribution in [1.82, 2.24) is 5.32 Å². The summed E-state index contributed by atoms with van der Waals surface area (Å²) in [6.45, 7) is 1.92. The van der Waals surface area contributed by atoms with Gasteiger partial charge in [-0.3, -0.25) is 9.10 Å². The molecule has 3 aromatic carbocycles. The minimum Gasteiger partial charge on any atom is -0.493 e. The third-order valence-electron chi connectivity index (χ3n) is 4.99. The lowest BCUT2D eigenvalue weighted by Crippen LogP contribution is -2.40. The number of anilines is 1. The van der Waals surface area contributed by atoms with Crippen molar-refractivity contribution in [2.75, 3.05) is 31.7 Å². The monoisotopic (exact) mass is 484 g/mol. The minimum absolute atomic E-state index is 0.0778. The zero-order valence-electron chi connectivity index (χ0n) is 19.4. The van der Waals surface area contributed by atoms with Crippen LogP contribution in [-0.2, 0) is 21.4 Å². The summed E-state index contributed by atoms with van der Waals surface area (Å²) in [5.74, 6) is 1.01. The third kappa shape index (κ3) is 5.79. The molecule has 1 amide bonds. The Morgan fingerprint density at radius 1 is 0.882 bits per heavy atom. The van der Waals surface area contributed by atoms with Crippen LogP contribution in [0.4, 0.5) is 5.69 Å². The Balaban J connectivity index is 1.87. The van der Waals surface area contributed by atoms with Crippen molar-refractivity contribution >= 4 is 21.6 Å². The van der Waals surface area contributed by atoms with Crippen LogP contribution in [0.1, 0.15) is 12.5 Å². The zero-order chi connectivity index (χ0) is 24.6. The Labute approximate surface area is 200 Å². The summed E-state index contributed by atoms with van der Waals surface area (Å²) in [6.07, 6.45) is 0. The number of sulfonamides is 1. The van der Waals surface area contributed by atoms with Crippen molar-refractivity contribution in [1.29, 1.82) is 0 Å². The first kappa shape index (κ1) is 24.9. The van der Waals surface area contributed by atoms with Gasteiger partial charge in [0, 0.05) is 6.54 Å². The number of hydrogen-bond acceptors (Lipinski definition) is 6. The highest BCUT2D eigenvalue weighted by molar-refractivity contribution is 7.92. The van der Waals surface area contributed by atoms with E-state index in [9.17, 15) is 13.2 Å². The van der Waals surface area contributed by atoms with E-state index in [0.717, 1.165) is 9.87 Å². The summed E-state index contributed by atoms with van der Waals surface area (Å²) in [6, 6.07) is 20.0. The van der Waals surface area contributed by atoms with Crippen molar-refractivity contribution in [3.8, 4) is 17.2 Å². The molecule has 0 saturated heterocycles. The second-order valence-corrected chi connectivity index (χ2v) is 9.05. The Morgan fingerprint density at radius 2 is 1.56 bits per heavy atom. The molecule has 34 heavy (non-hydrogen) atoms.